The minimum absolute atomic E-state index is 0.0385. The number of benzene rings is 1. The summed E-state index contributed by atoms with van der Waals surface area (Å²) in [4.78, 5) is 0.0385. The lowest BCUT2D eigenvalue weighted by atomic mass is 10.1. The lowest BCUT2D eigenvalue weighted by Crippen LogP contribution is -2.45. The third-order valence-electron chi connectivity index (χ3n) is 3.19. The topological polar surface area (TPSA) is 63.4 Å². The van der Waals surface area contributed by atoms with Crippen LogP contribution in [0, 0.1) is 12.7 Å². The molecule has 0 aliphatic carbocycles. The fraction of sp³-hybridized carbons (Fsp3) is 0.500. The Labute approximate surface area is 107 Å². The molecule has 1 aliphatic heterocycles. The Kier molecular flexibility index (Phi) is 3.70. The maximum absolute atomic E-state index is 13.2. The van der Waals surface area contributed by atoms with Crippen molar-refractivity contribution in [2.75, 3.05) is 13.1 Å². The number of halogens is 1. The molecule has 1 aromatic carbocycles. The van der Waals surface area contributed by atoms with Crippen LogP contribution in [-0.4, -0.2) is 31.9 Å². The van der Waals surface area contributed by atoms with Crippen LogP contribution in [0.15, 0.2) is 23.1 Å². The molecule has 1 aliphatic rings. The summed E-state index contributed by atoms with van der Waals surface area (Å²) < 4.78 is 39.4. The van der Waals surface area contributed by atoms with Gasteiger partial charge in [0.15, 0.2) is 0 Å². The second-order valence-corrected chi connectivity index (χ2v) is 6.58. The maximum atomic E-state index is 13.2. The van der Waals surface area contributed by atoms with Crippen molar-refractivity contribution in [3.63, 3.8) is 0 Å². The molecule has 18 heavy (non-hydrogen) atoms. The summed E-state index contributed by atoms with van der Waals surface area (Å²) in [5.74, 6) is -0.541. The van der Waals surface area contributed by atoms with Gasteiger partial charge in [-0.1, -0.05) is 6.07 Å². The number of piperidine rings is 1. The fourth-order valence-corrected chi connectivity index (χ4v) is 3.95. The minimum Gasteiger partial charge on any atom is -0.327 e. The Morgan fingerprint density at radius 1 is 1.44 bits per heavy atom. The molecule has 1 aromatic rings. The predicted octanol–water partition coefficient (Wildman–Crippen LogP) is 1.25. The zero-order valence-electron chi connectivity index (χ0n) is 10.3. The third-order valence-corrected chi connectivity index (χ3v) is 5.20. The fourth-order valence-electron chi connectivity index (χ4n) is 2.18. The Morgan fingerprint density at radius 2 is 2.17 bits per heavy atom. The van der Waals surface area contributed by atoms with Gasteiger partial charge in [-0.15, -0.1) is 0 Å². The van der Waals surface area contributed by atoms with Crippen molar-refractivity contribution in [1.29, 1.82) is 0 Å². The van der Waals surface area contributed by atoms with Crippen molar-refractivity contribution >= 4 is 10.0 Å². The van der Waals surface area contributed by atoms with Gasteiger partial charge in [0.25, 0.3) is 0 Å². The van der Waals surface area contributed by atoms with E-state index in [0.717, 1.165) is 18.9 Å². The van der Waals surface area contributed by atoms with Crippen LogP contribution < -0.4 is 5.73 Å². The van der Waals surface area contributed by atoms with E-state index < -0.39 is 15.8 Å². The molecule has 0 radical (unpaired) electrons. The summed E-state index contributed by atoms with van der Waals surface area (Å²) in [6, 6.07) is 3.68. The lowest BCUT2D eigenvalue weighted by molar-refractivity contribution is 0.316. The SMILES string of the molecule is Cc1ccc(F)cc1S(=O)(=O)N1CCC[C@H](N)C1. The molecule has 1 fully saturated rings. The van der Waals surface area contributed by atoms with Crippen LogP contribution in [0.5, 0.6) is 0 Å². The zero-order chi connectivity index (χ0) is 13.3. The normalized spacial score (nSPS) is 22.1. The summed E-state index contributed by atoms with van der Waals surface area (Å²) in [5.41, 5.74) is 6.34. The summed E-state index contributed by atoms with van der Waals surface area (Å²) in [6.45, 7) is 2.42. The van der Waals surface area contributed by atoms with E-state index in [9.17, 15) is 12.8 Å². The first kappa shape index (κ1) is 13.5. The van der Waals surface area contributed by atoms with Gasteiger partial charge in [0, 0.05) is 19.1 Å². The number of hydrogen-bond donors (Lipinski definition) is 1. The third kappa shape index (κ3) is 2.55. The number of rotatable bonds is 2. The van der Waals surface area contributed by atoms with Gasteiger partial charge in [0.05, 0.1) is 4.90 Å². The standard InChI is InChI=1S/C12H17FN2O2S/c1-9-4-5-10(13)7-12(9)18(16,17)15-6-2-3-11(14)8-15/h4-5,7,11H,2-3,6,8,14H2,1H3/t11-/m0/s1. The van der Waals surface area contributed by atoms with E-state index in [4.69, 9.17) is 5.73 Å². The highest BCUT2D eigenvalue weighted by Gasteiger charge is 2.30. The molecule has 4 nitrogen and oxygen atoms in total. The molecule has 2 N–H and O–H groups in total. The molecule has 2 rings (SSSR count). The Bertz CT molecular complexity index is 545. The van der Waals surface area contributed by atoms with Crippen LogP contribution in [-0.2, 0) is 10.0 Å². The number of aryl methyl sites for hydroxylation is 1. The molecule has 1 saturated heterocycles. The highest BCUT2D eigenvalue weighted by molar-refractivity contribution is 7.89. The van der Waals surface area contributed by atoms with E-state index in [1.807, 2.05) is 0 Å². The molecule has 0 amide bonds. The first-order valence-corrected chi connectivity index (χ1v) is 7.37. The molecule has 1 heterocycles. The molecule has 6 heteroatoms. The van der Waals surface area contributed by atoms with Crippen LogP contribution in [0.2, 0.25) is 0 Å². The van der Waals surface area contributed by atoms with Gasteiger partial charge in [-0.05, 0) is 37.5 Å². The van der Waals surface area contributed by atoms with Crippen LogP contribution >= 0.6 is 0 Å². The van der Waals surface area contributed by atoms with Crippen molar-refractivity contribution in [1.82, 2.24) is 4.31 Å². The van der Waals surface area contributed by atoms with E-state index in [0.29, 0.717) is 18.7 Å². The zero-order valence-corrected chi connectivity index (χ0v) is 11.1. The highest BCUT2D eigenvalue weighted by atomic mass is 32.2. The average Bonchev–Trinajstić information content (AvgIpc) is 2.32. The summed E-state index contributed by atoms with van der Waals surface area (Å²) in [6.07, 6.45) is 1.57. The van der Waals surface area contributed by atoms with E-state index in [-0.39, 0.29) is 10.9 Å². The molecular weight excluding hydrogens is 255 g/mol. The van der Waals surface area contributed by atoms with Gasteiger partial charge >= 0.3 is 0 Å². The van der Waals surface area contributed by atoms with Gasteiger partial charge in [0.1, 0.15) is 5.82 Å². The Hall–Kier alpha value is -0.980. The largest absolute Gasteiger partial charge is 0.327 e. The average molecular weight is 272 g/mol. The quantitative estimate of drug-likeness (QED) is 0.881. The number of nitrogens with two attached hydrogens (primary N) is 1. The Morgan fingerprint density at radius 3 is 2.83 bits per heavy atom. The second kappa shape index (κ2) is 4.95. The molecule has 0 saturated carbocycles. The van der Waals surface area contributed by atoms with Crippen LogP contribution in [0.25, 0.3) is 0 Å². The van der Waals surface area contributed by atoms with Gasteiger partial charge in [-0.3, -0.25) is 0 Å². The van der Waals surface area contributed by atoms with Crippen LogP contribution in [0.3, 0.4) is 0 Å². The molecule has 0 unspecified atom stereocenters. The highest BCUT2D eigenvalue weighted by Crippen LogP contribution is 2.23. The van der Waals surface area contributed by atoms with Crippen molar-refractivity contribution in [2.24, 2.45) is 5.73 Å². The van der Waals surface area contributed by atoms with Gasteiger partial charge in [-0.2, -0.15) is 4.31 Å². The second-order valence-electron chi connectivity index (χ2n) is 4.68. The van der Waals surface area contributed by atoms with Gasteiger partial charge in [0.2, 0.25) is 10.0 Å². The van der Waals surface area contributed by atoms with Crippen molar-refractivity contribution < 1.29 is 12.8 Å². The first-order valence-electron chi connectivity index (χ1n) is 5.93. The van der Waals surface area contributed by atoms with Crippen molar-refractivity contribution in [3.8, 4) is 0 Å². The van der Waals surface area contributed by atoms with E-state index in [1.165, 1.54) is 16.4 Å². The van der Waals surface area contributed by atoms with Crippen LogP contribution in [0.1, 0.15) is 18.4 Å². The Balaban J connectivity index is 2.38. The van der Waals surface area contributed by atoms with E-state index in [2.05, 4.69) is 0 Å². The summed E-state index contributed by atoms with van der Waals surface area (Å²) in [5, 5.41) is 0. The van der Waals surface area contributed by atoms with E-state index in [1.54, 1.807) is 6.92 Å². The predicted molar refractivity (Wildman–Crippen MR) is 67.1 cm³/mol. The van der Waals surface area contributed by atoms with E-state index >= 15 is 0 Å². The molecule has 0 bridgehead atoms. The van der Waals surface area contributed by atoms with Gasteiger partial charge in [-0.25, -0.2) is 12.8 Å². The van der Waals surface area contributed by atoms with Crippen LogP contribution in [0.4, 0.5) is 4.39 Å². The molecule has 0 spiro atoms. The van der Waals surface area contributed by atoms with Gasteiger partial charge < -0.3 is 5.73 Å². The summed E-state index contributed by atoms with van der Waals surface area (Å²) >= 11 is 0. The molecule has 0 aromatic heterocycles. The smallest absolute Gasteiger partial charge is 0.243 e. The summed E-state index contributed by atoms with van der Waals surface area (Å²) in [7, 11) is -3.63. The lowest BCUT2D eigenvalue weighted by Gasteiger charge is -2.30. The molecule has 100 valence electrons. The van der Waals surface area contributed by atoms with Crippen molar-refractivity contribution in [3.05, 3.63) is 29.6 Å². The number of hydrogen-bond acceptors (Lipinski definition) is 3. The monoisotopic (exact) mass is 272 g/mol. The van der Waals surface area contributed by atoms with Crippen molar-refractivity contribution in [2.45, 2.75) is 30.7 Å². The number of sulfonamides is 1. The molecule has 1 atom stereocenters. The number of nitrogens with zero attached hydrogens (tertiary/aromatic N) is 1. The molecular formula is C12H17FN2O2S. The maximum Gasteiger partial charge on any atom is 0.243 e. The first-order chi connectivity index (χ1) is 8.41. The minimum atomic E-state index is -3.63.